The predicted molar refractivity (Wildman–Crippen MR) is 30.2 cm³/mol. The van der Waals surface area contributed by atoms with Crippen LogP contribution in [0, 0.1) is 0 Å². The van der Waals surface area contributed by atoms with Crippen LogP contribution in [-0.2, 0) is 9.53 Å². The van der Waals surface area contributed by atoms with E-state index in [0.717, 1.165) is 0 Å². The first-order valence-corrected chi connectivity index (χ1v) is 2.83. The maximum absolute atomic E-state index is 12.2. The maximum atomic E-state index is 12.2. The summed E-state index contributed by atoms with van der Waals surface area (Å²) in [4.78, 5) is 9.75. The van der Waals surface area contributed by atoms with Crippen LogP contribution in [0.5, 0.6) is 0 Å². The standard InChI is InChI=1S/C5H8F2O4/c1-2-11-4(10)5(6,7)3(8)9/h4,10H,2H2,1H3,(H,8,9). The Labute approximate surface area is 61.4 Å². The lowest BCUT2D eigenvalue weighted by Crippen LogP contribution is -2.42. The Morgan fingerprint density at radius 3 is 2.45 bits per heavy atom. The molecule has 11 heavy (non-hydrogen) atoms. The Bertz CT molecular complexity index is 147. The van der Waals surface area contributed by atoms with Crippen LogP contribution in [0.3, 0.4) is 0 Å². The predicted octanol–water partition coefficient (Wildman–Crippen LogP) is 0.0612. The van der Waals surface area contributed by atoms with Crippen molar-refractivity contribution in [2.45, 2.75) is 19.1 Å². The maximum Gasteiger partial charge on any atom is 0.391 e. The molecule has 4 nitrogen and oxygen atoms in total. The van der Waals surface area contributed by atoms with Crippen LogP contribution in [0.4, 0.5) is 8.78 Å². The van der Waals surface area contributed by atoms with E-state index >= 15 is 0 Å². The molecule has 0 aliphatic rings. The van der Waals surface area contributed by atoms with Crippen LogP contribution in [0.15, 0.2) is 0 Å². The first-order valence-electron chi connectivity index (χ1n) is 2.83. The smallest absolute Gasteiger partial charge is 0.391 e. The highest BCUT2D eigenvalue weighted by Gasteiger charge is 2.47. The summed E-state index contributed by atoms with van der Waals surface area (Å²) in [7, 11) is 0. The van der Waals surface area contributed by atoms with Crippen molar-refractivity contribution in [1.29, 1.82) is 0 Å². The van der Waals surface area contributed by atoms with Gasteiger partial charge >= 0.3 is 11.9 Å². The lowest BCUT2D eigenvalue weighted by atomic mass is 10.3. The number of carboxylic acid groups (broad SMARTS) is 1. The van der Waals surface area contributed by atoms with E-state index in [1.165, 1.54) is 6.92 Å². The zero-order valence-electron chi connectivity index (χ0n) is 5.75. The topological polar surface area (TPSA) is 66.8 Å². The number of rotatable bonds is 4. The van der Waals surface area contributed by atoms with E-state index in [2.05, 4.69) is 4.74 Å². The van der Waals surface area contributed by atoms with Crippen LogP contribution in [0.1, 0.15) is 6.92 Å². The number of halogens is 2. The summed E-state index contributed by atoms with van der Waals surface area (Å²) in [5, 5.41) is 16.2. The second kappa shape index (κ2) is 3.59. The summed E-state index contributed by atoms with van der Waals surface area (Å²) in [5.74, 6) is -6.64. The van der Waals surface area contributed by atoms with Crippen LogP contribution >= 0.6 is 0 Å². The van der Waals surface area contributed by atoms with Crippen molar-refractivity contribution in [2.24, 2.45) is 0 Å². The van der Waals surface area contributed by atoms with Gasteiger partial charge in [0.15, 0.2) is 0 Å². The zero-order chi connectivity index (χ0) is 9.07. The lowest BCUT2D eigenvalue weighted by molar-refractivity contribution is -0.238. The molecule has 0 bridgehead atoms. The molecule has 0 heterocycles. The molecule has 0 fully saturated rings. The number of carbonyl (C=O) groups is 1. The van der Waals surface area contributed by atoms with E-state index in [4.69, 9.17) is 10.2 Å². The van der Waals surface area contributed by atoms with Gasteiger partial charge in [-0.05, 0) is 6.92 Å². The second-order valence-electron chi connectivity index (χ2n) is 1.74. The summed E-state index contributed by atoms with van der Waals surface area (Å²) < 4.78 is 28.3. The summed E-state index contributed by atoms with van der Waals surface area (Å²) in [6, 6.07) is 0. The van der Waals surface area contributed by atoms with Gasteiger partial charge in [-0.25, -0.2) is 4.79 Å². The first-order chi connectivity index (χ1) is 4.92. The van der Waals surface area contributed by atoms with Gasteiger partial charge in [-0.2, -0.15) is 8.78 Å². The van der Waals surface area contributed by atoms with Crippen LogP contribution in [0.25, 0.3) is 0 Å². The molecular formula is C5H8F2O4. The fourth-order valence-electron chi connectivity index (χ4n) is 0.368. The summed E-state index contributed by atoms with van der Waals surface area (Å²) in [5.41, 5.74) is 0. The van der Waals surface area contributed by atoms with Crippen molar-refractivity contribution < 1.29 is 28.5 Å². The fourth-order valence-corrected chi connectivity index (χ4v) is 0.368. The van der Waals surface area contributed by atoms with E-state index in [1.807, 2.05) is 0 Å². The first kappa shape index (κ1) is 10.2. The summed E-state index contributed by atoms with van der Waals surface area (Å²) in [6.45, 7) is 1.19. The van der Waals surface area contributed by atoms with Crippen molar-refractivity contribution in [3.63, 3.8) is 0 Å². The Morgan fingerprint density at radius 2 is 2.18 bits per heavy atom. The van der Waals surface area contributed by atoms with Gasteiger partial charge in [0.05, 0.1) is 0 Å². The number of aliphatic carboxylic acids is 1. The molecule has 0 spiro atoms. The largest absolute Gasteiger partial charge is 0.477 e. The lowest BCUT2D eigenvalue weighted by Gasteiger charge is -2.17. The van der Waals surface area contributed by atoms with Gasteiger partial charge in [0, 0.05) is 6.61 Å². The van der Waals surface area contributed by atoms with E-state index in [1.54, 1.807) is 0 Å². The third-order valence-corrected chi connectivity index (χ3v) is 0.920. The number of aliphatic hydroxyl groups is 1. The van der Waals surface area contributed by atoms with Crippen LogP contribution in [0.2, 0.25) is 0 Å². The Kier molecular flexibility index (Phi) is 3.34. The molecule has 0 aromatic carbocycles. The molecule has 1 atom stereocenters. The SMILES string of the molecule is CCOC(O)C(F)(F)C(=O)O. The number of hydrogen-bond acceptors (Lipinski definition) is 3. The zero-order valence-corrected chi connectivity index (χ0v) is 5.75. The Hall–Kier alpha value is -0.750. The van der Waals surface area contributed by atoms with Crippen molar-refractivity contribution in [2.75, 3.05) is 6.61 Å². The Balaban J connectivity index is 4.17. The number of alkyl halides is 2. The summed E-state index contributed by atoms with van der Waals surface area (Å²) >= 11 is 0. The number of hydrogen-bond donors (Lipinski definition) is 2. The van der Waals surface area contributed by atoms with Crippen molar-refractivity contribution in [3.8, 4) is 0 Å². The molecule has 66 valence electrons. The highest BCUT2D eigenvalue weighted by atomic mass is 19.3. The third kappa shape index (κ3) is 2.39. The molecule has 6 heteroatoms. The molecule has 0 amide bonds. The van der Waals surface area contributed by atoms with Gasteiger partial charge in [0.1, 0.15) is 0 Å². The van der Waals surface area contributed by atoms with E-state index in [0.29, 0.717) is 0 Å². The minimum atomic E-state index is -4.24. The monoisotopic (exact) mass is 170 g/mol. The van der Waals surface area contributed by atoms with Gasteiger partial charge in [-0.15, -0.1) is 0 Å². The molecule has 0 aromatic heterocycles. The van der Waals surface area contributed by atoms with Gasteiger partial charge in [0.2, 0.25) is 6.29 Å². The molecular weight excluding hydrogens is 162 g/mol. The van der Waals surface area contributed by atoms with Crippen molar-refractivity contribution in [3.05, 3.63) is 0 Å². The second-order valence-corrected chi connectivity index (χ2v) is 1.74. The van der Waals surface area contributed by atoms with Gasteiger partial charge in [0.25, 0.3) is 0 Å². The molecule has 0 saturated carbocycles. The fraction of sp³-hybridized carbons (Fsp3) is 0.800. The van der Waals surface area contributed by atoms with Gasteiger partial charge < -0.3 is 14.9 Å². The van der Waals surface area contributed by atoms with E-state index in [9.17, 15) is 13.6 Å². The average molecular weight is 170 g/mol. The van der Waals surface area contributed by atoms with Gasteiger partial charge in [-0.3, -0.25) is 0 Å². The molecule has 0 rings (SSSR count). The van der Waals surface area contributed by atoms with Crippen molar-refractivity contribution in [1.82, 2.24) is 0 Å². The Morgan fingerprint density at radius 1 is 1.73 bits per heavy atom. The highest BCUT2D eigenvalue weighted by Crippen LogP contribution is 2.19. The molecule has 0 aliphatic carbocycles. The van der Waals surface area contributed by atoms with Crippen LogP contribution < -0.4 is 0 Å². The quantitative estimate of drug-likeness (QED) is 0.585. The molecule has 0 radical (unpaired) electrons. The van der Waals surface area contributed by atoms with E-state index < -0.39 is 18.2 Å². The molecule has 0 aliphatic heterocycles. The number of ether oxygens (including phenoxy) is 1. The van der Waals surface area contributed by atoms with E-state index in [-0.39, 0.29) is 6.61 Å². The molecule has 0 saturated heterocycles. The average Bonchev–Trinajstić information content (AvgIpc) is 1.88. The van der Waals surface area contributed by atoms with Crippen LogP contribution in [-0.4, -0.2) is 35.0 Å². The minimum absolute atomic E-state index is 0.177. The number of aliphatic hydroxyl groups excluding tert-OH is 1. The molecule has 2 N–H and O–H groups in total. The molecule has 0 aromatic rings. The normalized spacial score (nSPS) is 14.5. The van der Waals surface area contributed by atoms with Crippen molar-refractivity contribution >= 4 is 5.97 Å². The number of carboxylic acids is 1. The summed E-state index contributed by atoms with van der Waals surface area (Å²) in [6.07, 6.45) is -2.58. The molecule has 1 unspecified atom stereocenters. The third-order valence-electron chi connectivity index (χ3n) is 0.920. The minimum Gasteiger partial charge on any atom is -0.477 e. The highest BCUT2D eigenvalue weighted by molar-refractivity contribution is 5.75. The van der Waals surface area contributed by atoms with Gasteiger partial charge in [-0.1, -0.05) is 0 Å².